The lowest BCUT2D eigenvalue weighted by molar-refractivity contribution is -0.148. The summed E-state index contributed by atoms with van der Waals surface area (Å²) in [6.45, 7) is 1.63. The molecule has 3 N–H and O–H groups in total. The first-order chi connectivity index (χ1) is 16.3. The number of carboxylic acid groups (broad SMARTS) is 1. The van der Waals surface area contributed by atoms with E-state index >= 15 is 0 Å². The highest BCUT2D eigenvalue weighted by molar-refractivity contribution is 5.96. The molecule has 34 heavy (non-hydrogen) atoms. The summed E-state index contributed by atoms with van der Waals surface area (Å²) < 4.78 is 9.86. The van der Waals surface area contributed by atoms with Crippen LogP contribution in [0.1, 0.15) is 30.4 Å². The van der Waals surface area contributed by atoms with E-state index in [4.69, 9.17) is 9.84 Å². The van der Waals surface area contributed by atoms with Crippen LogP contribution in [0.15, 0.2) is 60.2 Å². The van der Waals surface area contributed by atoms with E-state index in [2.05, 4.69) is 15.4 Å². The van der Waals surface area contributed by atoms with Gasteiger partial charge in [-0.3, -0.25) is 9.59 Å². The molecule has 0 radical (unpaired) electrons. The molecule has 2 amide bonds. The molecule has 0 saturated carbocycles. The standard InChI is InChI=1S/C25H26N2O7/c1-15(23(29)27-21(24(30)31)13-22(28)33-2)11-12-26-25(32)34-14-20-18-9-5-3-7-16(18)17-8-4-6-10-19(17)20/h3-11,20-21H,12-14H2,1-2H3,(H,26,32)(H,27,29)(H,30,31)/b15-11+/t21-/m1/s1. The zero-order chi connectivity index (χ0) is 24.7. The number of carbonyl (C=O) groups excluding carboxylic acids is 3. The molecule has 0 aliphatic heterocycles. The summed E-state index contributed by atoms with van der Waals surface area (Å²) in [4.78, 5) is 46.9. The molecule has 0 bridgehead atoms. The van der Waals surface area contributed by atoms with Crippen molar-refractivity contribution in [2.75, 3.05) is 20.3 Å². The van der Waals surface area contributed by atoms with Crippen LogP contribution in [0, 0.1) is 0 Å². The van der Waals surface area contributed by atoms with Crippen LogP contribution in [0.25, 0.3) is 11.1 Å². The van der Waals surface area contributed by atoms with E-state index in [-0.39, 0.29) is 24.6 Å². The van der Waals surface area contributed by atoms with Crippen LogP contribution in [0.2, 0.25) is 0 Å². The molecule has 3 rings (SSSR count). The van der Waals surface area contributed by atoms with Gasteiger partial charge in [-0.25, -0.2) is 9.59 Å². The van der Waals surface area contributed by atoms with Crippen LogP contribution in [0.4, 0.5) is 4.79 Å². The number of hydrogen-bond donors (Lipinski definition) is 3. The molecule has 178 valence electrons. The van der Waals surface area contributed by atoms with Crippen molar-refractivity contribution in [2.24, 2.45) is 0 Å². The molecule has 2 aromatic carbocycles. The second kappa shape index (κ2) is 11.1. The Labute approximate surface area is 196 Å². The van der Waals surface area contributed by atoms with Gasteiger partial charge in [-0.05, 0) is 29.2 Å². The third-order valence-corrected chi connectivity index (χ3v) is 5.56. The highest BCUT2D eigenvalue weighted by Crippen LogP contribution is 2.44. The molecule has 0 unspecified atom stereocenters. The predicted molar refractivity (Wildman–Crippen MR) is 123 cm³/mol. The van der Waals surface area contributed by atoms with Gasteiger partial charge < -0.3 is 25.2 Å². The Morgan fingerprint density at radius 1 is 1.03 bits per heavy atom. The number of alkyl carbamates (subject to hydrolysis) is 1. The first kappa shape index (κ1) is 24.5. The topological polar surface area (TPSA) is 131 Å². The second-order valence-corrected chi connectivity index (χ2v) is 7.74. The van der Waals surface area contributed by atoms with Gasteiger partial charge >= 0.3 is 18.0 Å². The van der Waals surface area contributed by atoms with E-state index in [1.807, 2.05) is 48.5 Å². The fourth-order valence-corrected chi connectivity index (χ4v) is 3.75. The molecule has 1 aliphatic rings. The van der Waals surface area contributed by atoms with Gasteiger partial charge in [0.25, 0.3) is 0 Å². The third kappa shape index (κ3) is 5.80. The lowest BCUT2D eigenvalue weighted by atomic mass is 9.98. The Morgan fingerprint density at radius 2 is 1.62 bits per heavy atom. The maximum absolute atomic E-state index is 12.2. The average Bonchev–Trinajstić information content (AvgIpc) is 3.15. The fraction of sp³-hybridized carbons (Fsp3) is 0.280. The summed E-state index contributed by atoms with van der Waals surface area (Å²) in [5.74, 6) is -2.86. The van der Waals surface area contributed by atoms with Gasteiger partial charge in [0.05, 0.1) is 13.5 Å². The van der Waals surface area contributed by atoms with Crippen molar-refractivity contribution in [1.29, 1.82) is 0 Å². The van der Waals surface area contributed by atoms with E-state index < -0.39 is 36.4 Å². The highest BCUT2D eigenvalue weighted by Gasteiger charge is 2.29. The van der Waals surface area contributed by atoms with E-state index in [1.54, 1.807) is 0 Å². The maximum Gasteiger partial charge on any atom is 0.407 e. The van der Waals surface area contributed by atoms with Gasteiger partial charge in [-0.15, -0.1) is 0 Å². The van der Waals surface area contributed by atoms with Gasteiger partial charge in [0.1, 0.15) is 12.6 Å². The van der Waals surface area contributed by atoms with E-state index in [9.17, 15) is 19.2 Å². The molecule has 0 aromatic heterocycles. The van der Waals surface area contributed by atoms with Gasteiger partial charge in [0.2, 0.25) is 5.91 Å². The van der Waals surface area contributed by atoms with Crippen molar-refractivity contribution in [1.82, 2.24) is 10.6 Å². The van der Waals surface area contributed by atoms with Crippen LogP contribution in [0.5, 0.6) is 0 Å². The Balaban J connectivity index is 1.51. The number of amides is 2. The minimum atomic E-state index is -1.42. The third-order valence-electron chi connectivity index (χ3n) is 5.56. The van der Waals surface area contributed by atoms with E-state index in [0.717, 1.165) is 29.4 Å². The van der Waals surface area contributed by atoms with Crippen LogP contribution in [-0.4, -0.2) is 55.3 Å². The predicted octanol–water partition coefficient (Wildman–Crippen LogP) is 2.60. The normalized spacial score (nSPS) is 13.3. The molecule has 1 aliphatic carbocycles. The van der Waals surface area contributed by atoms with Crippen LogP contribution >= 0.6 is 0 Å². The minimum absolute atomic E-state index is 0.00463. The van der Waals surface area contributed by atoms with Crippen molar-refractivity contribution in [2.45, 2.75) is 25.3 Å². The molecule has 0 fully saturated rings. The van der Waals surface area contributed by atoms with Crippen molar-refractivity contribution < 1.29 is 33.8 Å². The van der Waals surface area contributed by atoms with Crippen molar-refractivity contribution in [3.8, 4) is 11.1 Å². The SMILES string of the molecule is COC(=O)C[C@@H](NC(=O)/C(C)=C/CNC(=O)OCC1c2ccccc2-c2ccccc21)C(=O)O. The van der Waals surface area contributed by atoms with E-state index in [0.29, 0.717) is 0 Å². The van der Waals surface area contributed by atoms with Crippen LogP contribution in [-0.2, 0) is 23.9 Å². The number of esters is 1. The van der Waals surface area contributed by atoms with Gasteiger partial charge in [0.15, 0.2) is 0 Å². The Kier molecular flexibility index (Phi) is 8.02. The summed E-state index contributed by atoms with van der Waals surface area (Å²) in [5, 5.41) is 14.0. The number of ether oxygens (including phenoxy) is 2. The number of carbonyl (C=O) groups is 4. The van der Waals surface area contributed by atoms with Gasteiger partial charge in [0, 0.05) is 18.0 Å². The maximum atomic E-state index is 12.2. The smallest absolute Gasteiger partial charge is 0.407 e. The van der Waals surface area contributed by atoms with Crippen LogP contribution < -0.4 is 10.6 Å². The number of aliphatic carboxylic acids is 1. The first-order valence-corrected chi connectivity index (χ1v) is 10.7. The number of nitrogens with one attached hydrogen (secondary N) is 2. The van der Waals surface area contributed by atoms with Gasteiger partial charge in [-0.1, -0.05) is 54.6 Å². The minimum Gasteiger partial charge on any atom is -0.480 e. The number of rotatable bonds is 9. The summed E-state index contributed by atoms with van der Waals surface area (Å²) in [6, 6.07) is 14.6. The lowest BCUT2D eigenvalue weighted by Gasteiger charge is -2.15. The Bertz CT molecular complexity index is 1080. The zero-order valence-electron chi connectivity index (χ0n) is 18.9. The molecular formula is C25H26N2O7. The number of carboxylic acids is 1. The van der Waals surface area contributed by atoms with Crippen molar-refractivity contribution >= 4 is 23.9 Å². The monoisotopic (exact) mass is 466 g/mol. The largest absolute Gasteiger partial charge is 0.480 e. The van der Waals surface area contributed by atoms with Crippen molar-refractivity contribution in [3.05, 3.63) is 71.3 Å². The van der Waals surface area contributed by atoms with E-state index in [1.165, 1.54) is 13.0 Å². The summed E-state index contributed by atoms with van der Waals surface area (Å²) >= 11 is 0. The number of fused-ring (bicyclic) bond motifs is 3. The molecule has 0 saturated heterocycles. The molecule has 0 heterocycles. The molecule has 0 spiro atoms. The Morgan fingerprint density at radius 3 is 2.18 bits per heavy atom. The number of hydrogen-bond acceptors (Lipinski definition) is 6. The average molecular weight is 466 g/mol. The first-order valence-electron chi connectivity index (χ1n) is 10.7. The summed E-state index contributed by atoms with van der Waals surface area (Å²) in [7, 11) is 1.13. The highest BCUT2D eigenvalue weighted by atomic mass is 16.5. The molecule has 9 heteroatoms. The Hall–Kier alpha value is -4.14. The summed E-state index contributed by atoms with van der Waals surface area (Å²) in [5.41, 5.74) is 4.63. The number of benzene rings is 2. The molecule has 2 aromatic rings. The quantitative estimate of drug-likeness (QED) is 0.382. The molecule has 9 nitrogen and oxygen atoms in total. The lowest BCUT2D eigenvalue weighted by Crippen LogP contribution is -2.42. The van der Waals surface area contributed by atoms with Crippen molar-refractivity contribution in [3.63, 3.8) is 0 Å². The number of methoxy groups -OCH3 is 1. The van der Waals surface area contributed by atoms with Gasteiger partial charge in [-0.2, -0.15) is 0 Å². The van der Waals surface area contributed by atoms with Crippen LogP contribution in [0.3, 0.4) is 0 Å². The molecule has 1 atom stereocenters. The molecular weight excluding hydrogens is 440 g/mol. The fourth-order valence-electron chi connectivity index (χ4n) is 3.75. The summed E-state index contributed by atoms with van der Waals surface area (Å²) in [6.07, 6.45) is 0.289. The second-order valence-electron chi connectivity index (χ2n) is 7.74. The zero-order valence-corrected chi connectivity index (χ0v) is 18.9.